The number of nitrogens with zero attached hydrogens (tertiary/aromatic N) is 2. The molecule has 23 heavy (non-hydrogen) atoms. The molecule has 8 heteroatoms. The smallest absolute Gasteiger partial charge is 0.285 e. The Hall–Kier alpha value is -3.29. The SMILES string of the molecule is CC(=O)c1cccc(NC(=O)Cn2cc([N+](=O)[O-])ccc2=O)c1. The van der Waals surface area contributed by atoms with Gasteiger partial charge in [0.2, 0.25) is 5.91 Å². The van der Waals surface area contributed by atoms with Gasteiger partial charge in [0.25, 0.3) is 11.2 Å². The molecule has 0 fully saturated rings. The maximum absolute atomic E-state index is 12.0. The van der Waals surface area contributed by atoms with Crippen LogP contribution in [-0.4, -0.2) is 21.2 Å². The van der Waals surface area contributed by atoms with Crippen molar-refractivity contribution in [2.45, 2.75) is 13.5 Å². The summed E-state index contributed by atoms with van der Waals surface area (Å²) in [6, 6.07) is 8.45. The highest BCUT2D eigenvalue weighted by atomic mass is 16.6. The van der Waals surface area contributed by atoms with E-state index < -0.39 is 16.4 Å². The van der Waals surface area contributed by atoms with Crippen molar-refractivity contribution >= 4 is 23.1 Å². The van der Waals surface area contributed by atoms with Crippen LogP contribution in [-0.2, 0) is 11.3 Å². The van der Waals surface area contributed by atoms with Crippen LogP contribution in [0, 0.1) is 10.1 Å². The molecule has 8 nitrogen and oxygen atoms in total. The molecule has 0 bridgehead atoms. The van der Waals surface area contributed by atoms with Crippen LogP contribution in [0.15, 0.2) is 47.4 Å². The average Bonchev–Trinajstić information content (AvgIpc) is 2.49. The van der Waals surface area contributed by atoms with Gasteiger partial charge in [0, 0.05) is 23.4 Å². The third kappa shape index (κ3) is 4.10. The van der Waals surface area contributed by atoms with Crippen LogP contribution in [0.25, 0.3) is 0 Å². The lowest BCUT2D eigenvalue weighted by molar-refractivity contribution is -0.385. The van der Waals surface area contributed by atoms with E-state index in [4.69, 9.17) is 0 Å². The van der Waals surface area contributed by atoms with Gasteiger partial charge in [-0.05, 0) is 19.1 Å². The Balaban J connectivity index is 2.15. The Morgan fingerprint density at radius 2 is 2.00 bits per heavy atom. The van der Waals surface area contributed by atoms with Crippen LogP contribution in [0.1, 0.15) is 17.3 Å². The number of amides is 1. The number of aromatic nitrogens is 1. The summed E-state index contributed by atoms with van der Waals surface area (Å²) in [6.07, 6.45) is 1.01. The zero-order valence-electron chi connectivity index (χ0n) is 12.2. The minimum Gasteiger partial charge on any atom is -0.325 e. The van der Waals surface area contributed by atoms with Crippen molar-refractivity contribution in [1.82, 2.24) is 4.57 Å². The number of nitro groups is 1. The van der Waals surface area contributed by atoms with Gasteiger partial charge in [-0.2, -0.15) is 0 Å². The lowest BCUT2D eigenvalue weighted by atomic mass is 10.1. The molecule has 0 spiro atoms. The van der Waals surface area contributed by atoms with Crippen LogP contribution in [0.5, 0.6) is 0 Å². The highest BCUT2D eigenvalue weighted by Gasteiger charge is 2.11. The fourth-order valence-corrected chi connectivity index (χ4v) is 1.92. The minimum atomic E-state index is -0.649. The number of benzene rings is 1. The normalized spacial score (nSPS) is 10.1. The molecular weight excluding hydrogens is 302 g/mol. The second-order valence-corrected chi connectivity index (χ2v) is 4.80. The monoisotopic (exact) mass is 315 g/mol. The number of hydrogen-bond acceptors (Lipinski definition) is 5. The Morgan fingerprint density at radius 3 is 2.65 bits per heavy atom. The summed E-state index contributed by atoms with van der Waals surface area (Å²) in [7, 11) is 0. The van der Waals surface area contributed by atoms with E-state index in [1.54, 1.807) is 18.2 Å². The molecule has 1 N–H and O–H groups in total. The largest absolute Gasteiger partial charge is 0.325 e. The van der Waals surface area contributed by atoms with Gasteiger partial charge in [-0.25, -0.2) is 0 Å². The topological polar surface area (TPSA) is 111 Å². The van der Waals surface area contributed by atoms with Crippen LogP contribution < -0.4 is 10.9 Å². The number of nitrogens with one attached hydrogen (secondary N) is 1. The zero-order chi connectivity index (χ0) is 17.0. The molecule has 0 atom stereocenters. The Bertz CT molecular complexity index is 841. The van der Waals surface area contributed by atoms with E-state index in [2.05, 4.69) is 5.32 Å². The summed E-state index contributed by atoms with van der Waals surface area (Å²) in [5.74, 6) is -0.677. The predicted molar refractivity (Wildman–Crippen MR) is 82.4 cm³/mol. The average molecular weight is 315 g/mol. The van der Waals surface area contributed by atoms with E-state index in [-0.39, 0.29) is 18.0 Å². The van der Waals surface area contributed by atoms with Gasteiger partial charge in [-0.1, -0.05) is 12.1 Å². The first-order valence-electron chi connectivity index (χ1n) is 6.62. The molecule has 1 aromatic heterocycles. The van der Waals surface area contributed by atoms with Crippen molar-refractivity contribution in [2.75, 3.05) is 5.32 Å². The summed E-state index contributed by atoms with van der Waals surface area (Å²) in [5, 5.41) is 13.2. The molecule has 2 rings (SSSR count). The molecule has 0 aliphatic rings. The van der Waals surface area contributed by atoms with Gasteiger partial charge >= 0.3 is 0 Å². The van der Waals surface area contributed by atoms with E-state index in [1.165, 1.54) is 13.0 Å². The molecule has 0 saturated heterocycles. The molecule has 0 saturated carbocycles. The van der Waals surface area contributed by atoms with E-state index in [0.717, 1.165) is 22.9 Å². The predicted octanol–water partition coefficient (Wildman–Crippen LogP) is 1.60. The van der Waals surface area contributed by atoms with Gasteiger partial charge in [-0.15, -0.1) is 0 Å². The van der Waals surface area contributed by atoms with Crippen LogP contribution >= 0.6 is 0 Å². The quantitative estimate of drug-likeness (QED) is 0.511. The molecule has 118 valence electrons. The molecule has 0 aliphatic carbocycles. The summed E-state index contributed by atoms with van der Waals surface area (Å²) in [4.78, 5) is 45.0. The maximum atomic E-state index is 12.0. The van der Waals surface area contributed by atoms with Crippen molar-refractivity contribution in [1.29, 1.82) is 0 Å². The fourth-order valence-electron chi connectivity index (χ4n) is 1.92. The third-order valence-corrected chi connectivity index (χ3v) is 3.05. The highest BCUT2D eigenvalue weighted by molar-refractivity contribution is 5.97. The van der Waals surface area contributed by atoms with E-state index in [1.807, 2.05) is 0 Å². The summed E-state index contributed by atoms with van der Waals surface area (Å²) in [6.45, 7) is 1.04. The second-order valence-electron chi connectivity index (χ2n) is 4.80. The highest BCUT2D eigenvalue weighted by Crippen LogP contribution is 2.11. The number of anilines is 1. The van der Waals surface area contributed by atoms with Gasteiger partial charge in [0.1, 0.15) is 6.54 Å². The summed E-state index contributed by atoms with van der Waals surface area (Å²) in [5.41, 5.74) is 0.0377. The van der Waals surface area contributed by atoms with Gasteiger partial charge in [0.15, 0.2) is 5.78 Å². The van der Waals surface area contributed by atoms with Gasteiger partial charge in [0.05, 0.1) is 11.1 Å². The first-order chi connectivity index (χ1) is 10.9. The molecule has 1 amide bonds. The number of pyridine rings is 1. The lowest BCUT2D eigenvalue weighted by Crippen LogP contribution is -2.27. The molecular formula is C15H13N3O5. The first kappa shape index (κ1) is 16.1. The van der Waals surface area contributed by atoms with Crippen molar-refractivity contribution in [2.24, 2.45) is 0 Å². The van der Waals surface area contributed by atoms with Gasteiger partial charge in [-0.3, -0.25) is 29.1 Å². The number of Topliss-reactive ketones (excluding diaryl/α,β-unsaturated/α-hetero) is 1. The number of ketones is 1. The van der Waals surface area contributed by atoms with Crippen LogP contribution in [0.4, 0.5) is 11.4 Å². The summed E-state index contributed by atoms with van der Waals surface area (Å²) < 4.78 is 0.947. The standard InChI is InChI=1S/C15H13N3O5/c1-10(19)11-3-2-4-12(7-11)16-14(20)9-17-8-13(18(22)23)5-6-15(17)21/h2-8H,9H2,1H3,(H,16,20). The maximum Gasteiger partial charge on any atom is 0.285 e. The van der Waals surface area contributed by atoms with Crippen LogP contribution in [0.3, 0.4) is 0 Å². The minimum absolute atomic E-state index is 0.143. The molecule has 2 aromatic rings. The van der Waals surface area contributed by atoms with Crippen molar-refractivity contribution in [3.8, 4) is 0 Å². The molecule has 0 aliphatic heterocycles. The second kappa shape index (κ2) is 6.65. The van der Waals surface area contributed by atoms with Gasteiger partial charge < -0.3 is 5.32 Å². The fraction of sp³-hybridized carbons (Fsp3) is 0.133. The Labute approximate surface area is 130 Å². The number of rotatable bonds is 5. The molecule has 1 aromatic carbocycles. The number of hydrogen-bond donors (Lipinski definition) is 1. The van der Waals surface area contributed by atoms with E-state index >= 15 is 0 Å². The first-order valence-corrected chi connectivity index (χ1v) is 6.62. The number of carbonyl (C=O) groups is 2. The van der Waals surface area contributed by atoms with Crippen molar-refractivity contribution in [3.63, 3.8) is 0 Å². The lowest BCUT2D eigenvalue weighted by Gasteiger charge is -2.08. The Kier molecular flexibility index (Phi) is 4.65. The molecule has 0 radical (unpaired) electrons. The third-order valence-electron chi connectivity index (χ3n) is 3.05. The van der Waals surface area contributed by atoms with Crippen molar-refractivity contribution < 1.29 is 14.5 Å². The Morgan fingerprint density at radius 1 is 1.26 bits per heavy atom. The van der Waals surface area contributed by atoms with Crippen LogP contribution in [0.2, 0.25) is 0 Å². The zero-order valence-corrected chi connectivity index (χ0v) is 12.2. The number of carbonyl (C=O) groups excluding carboxylic acids is 2. The van der Waals surface area contributed by atoms with Crippen molar-refractivity contribution in [3.05, 3.63) is 68.6 Å². The van der Waals surface area contributed by atoms with E-state index in [9.17, 15) is 24.5 Å². The summed E-state index contributed by atoms with van der Waals surface area (Å²) >= 11 is 0. The molecule has 0 unspecified atom stereocenters. The molecule has 1 heterocycles. The van der Waals surface area contributed by atoms with E-state index in [0.29, 0.717) is 11.3 Å².